The minimum atomic E-state index is 0.482. The smallest absolute Gasteiger partial charge is 0.00640 e. The van der Waals surface area contributed by atoms with Gasteiger partial charge in [-0.1, -0.05) is 0 Å². The molecule has 2 nitrogen and oxygen atoms in total. The Morgan fingerprint density at radius 1 is 1.27 bits per heavy atom. The van der Waals surface area contributed by atoms with Crippen molar-refractivity contribution in [3.8, 4) is 0 Å². The van der Waals surface area contributed by atoms with Crippen molar-refractivity contribution in [3.05, 3.63) is 0 Å². The Kier molecular flexibility index (Phi) is 3.34. The normalized spacial score (nSPS) is 35.2. The van der Waals surface area contributed by atoms with Crippen LogP contribution in [0.5, 0.6) is 0 Å². The molecule has 66 valence electrons. The Balaban J connectivity index is 2.27. The lowest BCUT2D eigenvalue weighted by atomic mass is 9.82. The Hall–Kier alpha value is -0.0800. The molecule has 11 heavy (non-hydrogen) atoms. The van der Waals surface area contributed by atoms with Crippen molar-refractivity contribution in [1.29, 1.82) is 0 Å². The molecular weight excluding hydrogens is 136 g/mol. The molecule has 0 saturated heterocycles. The number of hydrogen-bond donors (Lipinski definition) is 2. The third kappa shape index (κ3) is 2.46. The first kappa shape index (κ1) is 9.01. The van der Waals surface area contributed by atoms with Crippen molar-refractivity contribution in [2.45, 2.75) is 44.7 Å². The van der Waals surface area contributed by atoms with Crippen molar-refractivity contribution in [2.24, 2.45) is 11.7 Å². The average molecular weight is 156 g/mol. The van der Waals surface area contributed by atoms with Gasteiger partial charge in [0.2, 0.25) is 0 Å². The predicted molar refractivity (Wildman–Crippen MR) is 48.5 cm³/mol. The van der Waals surface area contributed by atoms with Gasteiger partial charge in [-0.15, -0.1) is 0 Å². The third-order valence-electron chi connectivity index (χ3n) is 2.98. The molecule has 1 atom stereocenters. The molecule has 0 aromatic heterocycles. The minimum Gasteiger partial charge on any atom is -0.328 e. The van der Waals surface area contributed by atoms with E-state index in [1.165, 1.54) is 25.7 Å². The molecule has 0 radical (unpaired) electrons. The van der Waals surface area contributed by atoms with Gasteiger partial charge in [-0.25, -0.2) is 0 Å². The largest absolute Gasteiger partial charge is 0.328 e. The van der Waals surface area contributed by atoms with Gasteiger partial charge in [-0.3, -0.25) is 0 Å². The Bertz CT molecular complexity index is 106. The zero-order valence-electron chi connectivity index (χ0n) is 7.64. The quantitative estimate of drug-likeness (QED) is 0.628. The zero-order chi connectivity index (χ0) is 8.27. The summed E-state index contributed by atoms with van der Waals surface area (Å²) in [7, 11) is 2.04. The molecule has 0 amide bonds. The number of nitrogens with one attached hydrogen (secondary N) is 1. The number of hydrogen-bond acceptors (Lipinski definition) is 2. The maximum absolute atomic E-state index is 5.82. The molecular formula is C9H20N2. The molecule has 1 rings (SSSR count). The molecule has 0 aromatic rings. The summed E-state index contributed by atoms with van der Waals surface area (Å²) in [6.07, 6.45) is 5.06. The summed E-state index contributed by atoms with van der Waals surface area (Å²) in [4.78, 5) is 0. The first-order valence-corrected chi connectivity index (χ1v) is 4.67. The molecule has 1 unspecified atom stereocenters. The van der Waals surface area contributed by atoms with Crippen LogP contribution in [0.15, 0.2) is 0 Å². The van der Waals surface area contributed by atoms with E-state index in [4.69, 9.17) is 5.73 Å². The topological polar surface area (TPSA) is 38.0 Å². The van der Waals surface area contributed by atoms with Crippen molar-refractivity contribution in [3.63, 3.8) is 0 Å². The standard InChI is InChI=1S/C9H20N2/c1-7(11-2)8-3-5-9(10)6-4-8/h7-9,11H,3-6,10H2,1-2H3. The van der Waals surface area contributed by atoms with Crippen LogP contribution >= 0.6 is 0 Å². The van der Waals surface area contributed by atoms with Crippen LogP contribution in [-0.4, -0.2) is 19.1 Å². The van der Waals surface area contributed by atoms with Gasteiger partial charge in [-0.2, -0.15) is 0 Å². The highest BCUT2D eigenvalue weighted by molar-refractivity contribution is 4.79. The second-order valence-corrected chi connectivity index (χ2v) is 3.75. The highest BCUT2D eigenvalue weighted by Gasteiger charge is 2.21. The van der Waals surface area contributed by atoms with Crippen molar-refractivity contribution < 1.29 is 0 Å². The lowest BCUT2D eigenvalue weighted by Gasteiger charge is -2.30. The maximum atomic E-state index is 5.82. The van der Waals surface area contributed by atoms with E-state index in [9.17, 15) is 0 Å². The fourth-order valence-corrected chi connectivity index (χ4v) is 1.88. The molecule has 0 spiro atoms. The third-order valence-corrected chi connectivity index (χ3v) is 2.98. The summed E-state index contributed by atoms with van der Waals surface area (Å²) < 4.78 is 0. The van der Waals surface area contributed by atoms with Crippen LogP contribution in [0.1, 0.15) is 32.6 Å². The van der Waals surface area contributed by atoms with Gasteiger partial charge >= 0.3 is 0 Å². The Morgan fingerprint density at radius 3 is 2.27 bits per heavy atom. The summed E-state index contributed by atoms with van der Waals surface area (Å²) >= 11 is 0. The van der Waals surface area contributed by atoms with Gasteiger partial charge in [0.15, 0.2) is 0 Å². The van der Waals surface area contributed by atoms with Crippen LogP contribution in [0.2, 0.25) is 0 Å². The van der Waals surface area contributed by atoms with E-state index in [1.54, 1.807) is 0 Å². The molecule has 0 aromatic carbocycles. The lowest BCUT2D eigenvalue weighted by molar-refractivity contribution is 0.271. The summed E-state index contributed by atoms with van der Waals surface area (Å²) in [6.45, 7) is 2.27. The average Bonchev–Trinajstić information content (AvgIpc) is 2.05. The number of nitrogens with two attached hydrogens (primary N) is 1. The van der Waals surface area contributed by atoms with Crippen LogP contribution < -0.4 is 11.1 Å². The van der Waals surface area contributed by atoms with E-state index >= 15 is 0 Å². The van der Waals surface area contributed by atoms with Gasteiger partial charge in [0.05, 0.1) is 0 Å². The van der Waals surface area contributed by atoms with Crippen molar-refractivity contribution >= 4 is 0 Å². The first-order valence-electron chi connectivity index (χ1n) is 4.67. The summed E-state index contributed by atoms with van der Waals surface area (Å²) in [6, 6.07) is 1.15. The van der Waals surface area contributed by atoms with Crippen LogP contribution in [0.3, 0.4) is 0 Å². The zero-order valence-corrected chi connectivity index (χ0v) is 7.64. The minimum absolute atomic E-state index is 0.482. The molecule has 1 saturated carbocycles. The fraction of sp³-hybridized carbons (Fsp3) is 1.00. The predicted octanol–water partition coefficient (Wildman–Crippen LogP) is 1.11. The van der Waals surface area contributed by atoms with E-state index in [0.29, 0.717) is 12.1 Å². The molecule has 1 fully saturated rings. The second kappa shape index (κ2) is 4.07. The Labute approximate surface area is 69.5 Å². The highest BCUT2D eigenvalue weighted by Crippen LogP contribution is 2.25. The van der Waals surface area contributed by atoms with Crippen LogP contribution in [0, 0.1) is 5.92 Å². The SMILES string of the molecule is CNC(C)C1CCC(N)CC1. The number of rotatable bonds is 2. The molecule has 0 bridgehead atoms. The lowest BCUT2D eigenvalue weighted by Crippen LogP contribution is -2.36. The van der Waals surface area contributed by atoms with Crippen LogP contribution in [0.4, 0.5) is 0 Å². The summed E-state index contributed by atoms with van der Waals surface area (Å²) in [5.41, 5.74) is 5.82. The summed E-state index contributed by atoms with van der Waals surface area (Å²) in [5.74, 6) is 0.861. The summed E-state index contributed by atoms with van der Waals surface area (Å²) in [5, 5.41) is 3.31. The molecule has 3 N–H and O–H groups in total. The van der Waals surface area contributed by atoms with Crippen LogP contribution in [-0.2, 0) is 0 Å². The molecule has 2 heteroatoms. The van der Waals surface area contributed by atoms with E-state index in [0.717, 1.165) is 5.92 Å². The van der Waals surface area contributed by atoms with Gasteiger partial charge in [0, 0.05) is 12.1 Å². The fourth-order valence-electron chi connectivity index (χ4n) is 1.88. The van der Waals surface area contributed by atoms with Gasteiger partial charge in [0.25, 0.3) is 0 Å². The van der Waals surface area contributed by atoms with E-state index in [1.807, 2.05) is 7.05 Å². The Morgan fingerprint density at radius 2 is 1.82 bits per heavy atom. The monoisotopic (exact) mass is 156 g/mol. The van der Waals surface area contributed by atoms with Gasteiger partial charge in [-0.05, 0) is 45.6 Å². The van der Waals surface area contributed by atoms with E-state index < -0.39 is 0 Å². The van der Waals surface area contributed by atoms with Crippen molar-refractivity contribution in [1.82, 2.24) is 5.32 Å². The first-order chi connectivity index (χ1) is 5.24. The molecule has 1 aliphatic carbocycles. The van der Waals surface area contributed by atoms with Gasteiger partial charge in [0.1, 0.15) is 0 Å². The van der Waals surface area contributed by atoms with E-state index in [-0.39, 0.29) is 0 Å². The maximum Gasteiger partial charge on any atom is 0.00640 e. The molecule has 1 aliphatic rings. The van der Waals surface area contributed by atoms with Crippen molar-refractivity contribution in [2.75, 3.05) is 7.05 Å². The van der Waals surface area contributed by atoms with Gasteiger partial charge < -0.3 is 11.1 Å². The molecule has 0 aliphatic heterocycles. The van der Waals surface area contributed by atoms with E-state index in [2.05, 4.69) is 12.2 Å². The van der Waals surface area contributed by atoms with Crippen LogP contribution in [0.25, 0.3) is 0 Å². The second-order valence-electron chi connectivity index (χ2n) is 3.75. The highest BCUT2D eigenvalue weighted by atomic mass is 14.9. The molecule has 0 heterocycles.